The van der Waals surface area contributed by atoms with Crippen molar-refractivity contribution in [1.82, 2.24) is 10.2 Å². The first-order valence-corrected chi connectivity index (χ1v) is 7.78. The number of urea groups is 1. The number of nitrogen functional groups attached to an aromatic ring is 1. The van der Waals surface area contributed by atoms with Gasteiger partial charge in [-0.3, -0.25) is 0 Å². The van der Waals surface area contributed by atoms with E-state index in [0.717, 1.165) is 0 Å². The zero-order chi connectivity index (χ0) is 14.8. The van der Waals surface area contributed by atoms with E-state index in [1.165, 1.54) is 30.2 Å². The van der Waals surface area contributed by atoms with Crippen LogP contribution >= 0.6 is 0 Å². The van der Waals surface area contributed by atoms with Crippen LogP contribution in [0.15, 0.2) is 23.1 Å². The van der Waals surface area contributed by atoms with E-state index in [0.29, 0.717) is 18.8 Å². The molecular formula is C12H17N3O4S. The first-order valence-electron chi connectivity index (χ1n) is 6.13. The molecule has 1 aromatic carbocycles. The SMILES string of the molecule is COc1cc(N)ccc1S(=O)(=O)CCN1CCNC1=O. The van der Waals surface area contributed by atoms with E-state index in [1.807, 2.05) is 0 Å². The third-order valence-corrected chi connectivity index (χ3v) is 4.83. The van der Waals surface area contributed by atoms with Gasteiger partial charge in [-0.1, -0.05) is 0 Å². The van der Waals surface area contributed by atoms with Crippen LogP contribution in [0.1, 0.15) is 0 Å². The average Bonchev–Trinajstić information content (AvgIpc) is 2.81. The van der Waals surface area contributed by atoms with Crippen LogP contribution in [0.3, 0.4) is 0 Å². The van der Waals surface area contributed by atoms with E-state index in [-0.39, 0.29) is 29.0 Å². The van der Waals surface area contributed by atoms with Crippen LogP contribution in [0.2, 0.25) is 0 Å². The molecule has 1 aliphatic heterocycles. The number of anilines is 1. The summed E-state index contributed by atoms with van der Waals surface area (Å²) in [5, 5.41) is 2.63. The van der Waals surface area contributed by atoms with Crippen molar-refractivity contribution in [3.63, 3.8) is 0 Å². The monoisotopic (exact) mass is 299 g/mol. The molecular weight excluding hydrogens is 282 g/mol. The lowest BCUT2D eigenvalue weighted by atomic mass is 10.3. The van der Waals surface area contributed by atoms with Crippen molar-refractivity contribution in [2.75, 3.05) is 38.2 Å². The molecule has 0 aromatic heterocycles. The number of rotatable bonds is 5. The fourth-order valence-electron chi connectivity index (χ4n) is 2.01. The number of ether oxygens (including phenoxy) is 1. The number of nitrogens with zero attached hydrogens (tertiary/aromatic N) is 1. The minimum atomic E-state index is -3.53. The molecule has 8 heteroatoms. The minimum absolute atomic E-state index is 0.0915. The fourth-order valence-corrected chi connectivity index (χ4v) is 3.41. The lowest BCUT2D eigenvalue weighted by Crippen LogP contribution is -2.32. The molecule has 0 atom stereocenters. The second-order valence-electron chi connectivity index (χ2n) is 4.45. The zero-order valence-electron chi connectivity index (χ0n) is 11.1. The van der Waals surface area contributed by atoms with Gasteiger partial charge in [0.25, 0.3) is 0 Å². The second-order valence-corrected chi connectivity index (χ2v) is 6.53. The number of carbonyl (C=O) groups excluding carboxylic acids is 1. The Bertz CT molecular complexity index is 615. The highest BCUT2D eigenvalue weighted by atomic mass is 32.2. The van der Waals surface area contributed by atoms with Crippen molar-refractivity contribution in [3.8, 4) is 5.75 Å². The van der Waals surface area contributed by atoms with Gasteiger partial charge >= 0.3 is 6.03 Å². The summed E-state index contributed by atoms with van der Waals surface area (Å²) in [6, 6.07) is 4.17. The van der Waals surface area contributed by atoms with E-state index in [4.69, 9.17) is 10.5 Å². The number of amides is 2. The normalized spacial score (nSPS) is 15.2. The Morgan fingerprint density at radius 3 is 2.80 bits per heavy atom. The quantitative estimate of drug-likeness (QED) is 0.750. The van der Waals surface area contributed by atoms with Crippen molar-refractivity contribution in [2.24, 2.45) is 0 Å². The van der Waals surface area contributed by atoms with Crippen molar-refractivity contribution in [1.29, 1.82) is 0 Å². The van der Waals surface area contributed by atoms with Crippen LogP contribution < -0.4 is 15.8 Å². The molecule has 0 unspecified atom stereocenters. The maximum absolute atomic E-state index is 12.3. The zero-order valence-corrected chi connectivity index (χ0v) is 11.9. The van der Waals surface area contributed by atoms with Crippen LogP contribution in [0.5, 0.6) is 5.75 Å². The van der Waals surface area contributed by atoms with Gasteiger partial charge in [0, 0.05) is 31.4 Å². The number of benzene rings is 1. The highest BCUT2D eigenvalue weighted by Crippen LogP contribution is 2.27. The standard InChI is InChI=1S/C12H17N3O4S/c1-19-10-8-9(13)2-3-11(10)20(17,18)7-6-15-5-4-14-12(15)16/h2-3,8H,4-7,13H2,1H3,(H,14,16). The van der Waals surface area contributed by atoms with Gasteiger partial charge in [-0.25, -0.2) is 13.2 Å². The van der Waals surface area contributed by atoms with Crippen LogP contribution in [0, 0.1) is 0 Å². The van der Waals surface area contributed by atoms with Gasteiger partial charge in [0.05, 0.1) is 12.9 Å². The predicted molar refractivity (Wildman–Crippen MR) is 74.4 cm³/mol. The van der Waals surface area contributed by atoms with Gasteiger partial charge < -0.3 is 20.7 Å². The summed E-state index contributed by atoms with van der Waals surface area (Å²) in [5.41, 5.74) is 6.03. The van der Waals surface area contributed by atoms with Crippen molar-refractivity contribution in [3.05, 3.63) is 18.2 Å². The summed E-state index contributed by atoms with van der Waals surface area (Å²) in [7, 11) is -2.14. The van der Waals surface area contributed by atoms with Crippen molar-refractivity contribution in [2.45, 2.75) is 4.90 Å². The summed E-state index contributed by atoms with van der Waals surface area (Å²) in [4.78, 5) is 12.9. The van der Waals surface area contributed by atoms with Crippen LogP contribution in [-0.4, -0.2) is 51.8 Å². The Labute approximate surface area is 117 Å². The van der Waals surface area contributed by atoms with Crippen molar-refractivity contribution >= 4 is 21.6 Å². The first-order chi connectivity index (χ1) is 9.44. The second kappa shape index (κ2) is 5.58. The Morgan fingerprint density at radius 2 is 2.20 bits per heavy atom. The minimum Gasteiger partial charge on any atom is -0.495 e. The summed E-state index contributed by atoms with van der Waals surface area (Å²) < 4.78 is 29.7. The predicted octanol–water partition coefficient (Wildman–Crippen LogP) is 0.0763. The Morgan fingerprint density at radius 1 is 1.45 bits per heavy atom. The fraction of sp³-hybridized carbons (Fsp3) is 0.417. The van der Waals surface area contributed by atoms with E-state index in [2.05, 4.69) is 5.32 Å². The molecule has 20 heavy (non-hydrogen) atoms. The highest BCUT2D eigenvalue weighted by molar-refractivity contribution is 7.91. The maximum atomic E-state index is 12.3. The molecule has 1 fully saturated rings. The van der Waals surface area contributed by atoms with Gasteiger partial charge in [0.1, 0.15) is 10.6 Å². The summed E-state index contributed by atoms with van der Waals surface area (Å²) in [6.07, 6.45) is 0. The smallest absolute Gasteiger partial charge is 0.317 e. The third kappa shape index (κ3) is 2.96. The average molecular weight is 299 g/mol. The molecule has 7 nitrogen and oxygen atoms in total. The van der Waals surface area contributed by atoms with Gasteiger partial charge in [-0.15, -0.1) is 0 Å². The molecule has 1 aliphatic rings. The number of nitrogens with one attached hydrogen (secondary N) is 1. The molecule has 0 aliphatic carbocycles. The first kappa shape index (κ1) is 14.4. The number of methoxy groups -OCH3 is 1. The van der Waals surface area contributed by atoms with E-state index in [1.54, 1.807) is 0 Å². The largest absolute Gasteiger partial charge is 0.495 e. The van der Waals surface area contributed by atoms with E-state index in [9.17, 15) is 13.2 Å². The molecule has 0 bridgehead atoms. The summed E-state index contributed by atoms with van der Waals surface area (Å²) >= 11 is 0. The highest BCUT2D eigenvalue weighted by Gasteiger charge is 2.24. The molecule has 0 saturated carbocycles. The van der Waals surface area contributed by atoms with Crippen LogP contribution in [0.4, 0.5) is 10.5 Å². The molecule has 1 aromatic rings. The van der Waals surface area contributed by atoms with Gasteiger partial charge in [0.15, 0.2) is 9.84 Å². The van der Waals surface area contributed by atoms with Crippen LogP contribution in [-0.2, 0) is 9.84 Å². The number of hydrogen-bond donors (Lipinski definition) is 2. The maximum Gasteiger partial charge on any atom is 0.317 e. The third-order valence-electron chi connectivity index (χ3n) is 3.10. The van der Waals surface area contributed by atoms with E-state index >= 15 is 0 Å². The number of hydrogen-bond acceptors (Lipinski definition) is 5. The topological polar surface area (TPSA) is 102 Å². The molecule has 0 spiro atoms. The lowest BCUT2D eigenvalue weighted by molar-refractivity contribution is 0.220. The molecule has 110 valence electrons. The van der Waals surface area contributed by atoms with Crippen LogP contribution in [0.25, 0.3) is 0 Å². The number of carbonyl (C=O) groups is 1. The Kier molecular flexibility index (Phi) is 4.03. The number of sulfone groups is 1. The molecule has 1 saturated heterocycles. The number of nitrogens with two attached hydrogens (primary N) is 1. The van der Waals surface area contributed by atoms with E-state index < -0.39 is 9.84 Å². The summed E-state index contributed by atoms with van der Waals surface area (Å²) in [6.45, 7) is 1.22. The van der Waals surface area contributed by atoms with Gasteiger partial charge in [-0.05, 0) is 12.1 Å². The molecule has 1 heterocycles. The van der Waals surface area contributed by atoms with Crippen molar-refractivity contribution < 1.29 is 17.9 Å². The lowest BCUT2D eigenvalue weighted by Gasteiger charge is -2.15. The van der Waals surface area contributed by atoms with Gasteiger partial charge in [0.2, 0.25) is 0 Å². The molecule has 2 amide bonds. The molecule has 0 radical (unpaired) electrons. The Balaban J connectivity index is 2.16. The Hall–Kier alpha value is -1.96. The van der Waals surface area contributed by atoms with Gasteiger partial charge in [-0.2, -0.15) is 0 Å². The molecule has 2 rings (SSSR count). The summed E-state index contributed by atoms with van der Waals surface area (Å²) in [5.74, 6) is 0.0663. The molecule has 3 N–H and O–H groups in total.